The molecule has 3 rings (SSSR count). The molecule has 1 aliphatic rings. The number of aryl methyl sites for hydroxylation is 1. The van der Waals surface area contributed by atoms with Gasteiger partial charge in [-0.05, 0) is 57.7 Å². The van der Waals surface area contributed by atoms with Crippen LogP contribution in [0.25, 0.3) is 10.9 Å². The molecule has 0 aliphatic carbocycles. The molecule has 1 aromatic carbocycles. The number of esters is 2. The zero-order valence-electron chi connectivity index (χ0n) is 17.9. The van der Waals surface area contributed by atoms with Gasteiger partial charge in [0.05, 0.1) is 18.8 Å². The van der Waals surface area contributed by atoms with Crippen LogP contribution in [0.5, 0.6) is 0 Å². The molecule has 0 saturated heterocycles. The van der Waals surface area contributed by atoms with Crippen LogP contribution >= 0.6 is 0 Å². The van der Waals surface area contributed by atoms with Crippen LogP contribution in [-0.2, 0) is 19.1 Å². The maximum absolute atomic E-state index is 13.1. The van der Waals surface area contributed by atoms with Crippen molar-refractivity contribution in [1.82, 2.24) is 4.98 Å². The second-order valence-electron chi connectivity index (χ2n) is 7.32. The first kappa shape index (κ1) is 21.5. The lowest BCUT2D eigenvalue weighted by Crippen LogP contribution is -2.38. The van der Waals surface area contributed by atoms with Crippen molar-refractivity contribution in [3.63, 3.8) is 0 Å². The summed E-state index contributed by atoms with van der Waals surface area (Å²) in [7, 11) is 0. The molecule has 2 heterocycles. The summed E-state index contributed by atoms with van der Waals surface area (Å²) in [6, 6.07) is 7.45. The summed E-state index contributed by atoms with van der Waals surface area (Å²) in [6.45, 7) is 9.09. The maximum Gasteiger partial charge on any atom is 0.336 e. The quantitative estimate of drug-likeness (QED) is 0.762. The Morgan fingerprint density at radius 2 is 1.77 bits per heavy atom. The highest BCUT2D eigenvalue weighted by Crippen LogP contribution is 2.39. The van der Waals surface area contributed by atoms with Gasteiger partial charge < -0.3 is 14.5 Å². The number of H-pyrrole nitrogens is 1. The largest absolute Gasteiger partial charge is 0.465 e. The van der Waals surface area contributed by atoms with Crippen molar-refractivity contribution >= 4 is 28.6 Å². The molecule has 0 fully saturated rings. The molecule has 2 aromatic rings. The van der Waals surface area contributed by atoms with Crippen LogP contribution in [-0.4, -0.2) is 35.8 Å². The predicted molar refractivity (Wildman–Crippen MR) is 115 cm³/mol. The fourth-order valence-corrected chi connectivity index (χ4v) is 3.95. The minimum atomic E-state index is -0.892. The SMILES string of the molecule is CCOC(=O)C1=C(C)N=C(C)C(C(=O)OCC)C1c1cc2ccc(C)cc2[nH]c1=O. The van der Waals surface area contributed by atoms with Crippen molar-refractivity contribution in [2.75, 3.05) is 13.2 Å². The zero-order valence-corrected chi connectivity index (χ0v) is 17.9. The molecule has 1 aliphatic heterocycles. The average Bonchev–Trinajstić information content (AvgIpc) is 2.67. The smallest absolute Gasteiger partial charge is 0.336 e. The van der Waals surface area contributed by atoms with E-state index in [1.54, 1.807) is 33.8 Å². The number of benzene rings is 1. The molecule has 0 bridgehead atoms. The number of hydrogen-bond donors (Lipinski definition) is 1. The van der Waals surface area contributed by atoms with Crippen LogP contribution in [0.3, 0.4) is 0 Å². The Bertz CT molecular complexity index is 1130. The summed E-state index contributed by atoms with van der Waals surface area (Å²) in [4.78, 5) is 46.1. The molecule has 0 amide bonds. The fourth-order valence-electron chi connectivity index (χ4n) is 3.95. The fraction of sp³-hybridized carbons (Fsp3) is 0.391. The number of carbonyl (C=O) groups is 2. The van der Waals surface area contributed by atoms with Gasteiger partial charge in [0, 0.05) is 28.4 Å². The normalized spacial score (nSPS) is 18.9. The van der Waals surface area contributed by atoms with Gasteiger partial charge in [-0.25, -0.2) is 4.79 Å². The summed E-state index contributed by atoms with van der Waals surface area (Å²) >= 11 is 0. The van der Waals surface area contributed by atoms with E-state index in [1.165, 1.54) is 0 Å². The van der Waals surface area contributed by atoms with Crippen LogP contribution in [0, 0.1) is 12.8 Å². The number of aromatic amines is 1. The standard InChI is InChI=1S/C23H26N2O5/c1-6-29-22(27)18-13(4)24-14(5)19(23(28)30-7-2)20(18)16-11-15-9-8-12(3)10-17(15)25-21(16)26/h8-11,18,20H,6-7H2,1-5H3,(H,25,26). The summed E-state index contributed by atoms with van der Waals surface area (Å²) in [5, 5.41) is 0.804. The van der Waals surface area contributed by atoms with E-state index < -0.39 is 23.8 Å². The van der Waals surface area contributed by atoms with Crippen molar-refractivity contribution in [2.45, 2.75) is 40.5 Å². The lowest BCUT2D eigenvalue weighted by Gasteiger charge is -2.31. The van der Waals surface area contributed by atoms with E-state index in [2.05, 4.69) is 9.98 Å². The van der Waals surface area contributed by atoms with Crippen molar-refractivity contribution in [2.24, 2.45) is 10.9 Å². The molecule has 2 atom stereocenters. The topological polar surface area (TPSA) is 97.8 Å². The van der Waals surface area contributed by atoms with Gasteiger partial charge in [-0.15, -0.1) is 0 Å². The lowest BCUT2D eigenvalue weighted by molar-refractivity contribution is -0.146. The average molecular weight is 410 g/mol. The highest BCUT2D eigenvalue weighted by Gasteiger charge is 2.43. The summed E-state index contributed by atoms with van der Waals surface area (Å²) in [6.07, 6.45) is 0. The maximum atomic E-state index is 13.1. The zero-order chi connectivity index (χ0) is 22.0. The number of nitrogens with zero attached hydrogens (tertiary/aromatic N) is 1. The first-order valence-corrected chi connectivity index (χ1v) is 10.0. The number of hydrogen-bond acceptors (Lipinski definition) is 6. The van der Waals surface area contributed by atoms with Crippen molar-refractivity contribution in [3.05, 3.63) is 57.0 Å². The predicted octanol–water partition coefficient (Wildman–Crippen LogP) is 3.41. The Kier molecular flexibility index (Phi) is 6.20. The number of fused-ring (bicyclic) bond motifs is 1. The third kappa shape index (κ3) is 3.92. The Morgan fingerprint density at radius 1 is 1.07 bits per heavy atom. The van der Waals surface area contributed by atoms with Gasteiger partial charge in [-0.3, -0.25) is 14.6 Å². The number of aliphatic imine (C=N–C) groups is 1. The van der Waals surface area contributed by atoms with Gasteiger partial charge in [0.15, 0.2) is 0 Å². The highest BCUT2D eigenvalue weighted by molar-refractivity contribution is 6.07. The third-order valence-corrected chi connectivity index (χ3v) is 5.23. The highest BCUT2D eigenvalue weighted by atomic mass is 16.5. The lowest BCUT2D eigenvalue weighted by atomic mass is 9.75. The monoisotopic (exact) mass is 410 g/mol. The summed E-state index contributed by atoms with van der Waals surface area (Å²) in [5.74, 6) is -2.86. The van der Waals surface area contributed by atoms with E-state index in [-0.39, 0.29) is 24.3 Å². The van der Waals surface area contributed by atoms with Crippen LogP contribution in [0.15, 0.2) is 45.3 Å². The van der Waals surface area contributed by atoms with Crippen molar-refractivity contribution < 1.29 is 19.1 Å². The van der Waals surface area contributed by atoms with Gasteiger partial charge in [0.1, 0.15) is 5.92 Å². The minimum absolute atomic E-state index is 0.169. The Balaban J connectivity index is 2.27. The number of pyridine rings is 1. The number of aromatic nitrogens is 1. The van der Waals surface area contributed by atoms with Gasteiger partial charge in [0.25, 0.3) is 5.56 Å². The molecular weight excluding hydrogens is 384 g/mol. The Labute approximate surface area is 174 Å². The van der Waals surface area contributed by atoms with E-state index in [0.29, 0.717) is 22.5 Å². The molecular formula is C23H26N2O5. The molecule has 0 radical (unpaired) electrons. The number of carbonyl (C=O) groups excluding carboxylic acids is 2. The molecule has 158 valence electrons. The van der Waals surface area contributed by atoms with Crippen LogP contribution < -0.4 is 5.56 Å². The van der Waals surface area contributed by atoms with E-state index in [9.17, 15) is 14.4 Å². The molecule has 1 aromatic heterocycles. The Morgan fingerprint density at radius 3 is 2.43 bits per heavy atom. The van der Waals surface area contributed by atoms with E-state index >= 15 is 0 Å². The van der Waals surface area contributed by atoms with E-state index in [0.717, 1.165) is 10.9 Å². The van der Waals surface area contributed by atoms with Crippen LogP contribution in [0.4, 0.5) is 0 Å². The second-order valence-corrected chi connectivity index (χ2v) is 7.32. The molecule has 7 heteroatoms. The molecule has 2 unspecified atom stereocenters. The van der Waals surface area contributed by atoms with Gasteiger partial charge in [0.2, 0.25) is 0 Å². The Hall–Kier alpha value is -3.22. The van der Waals surface area contributed by atoms with Crippen LogP contribution in [0.2, 0.25) is 0 Å². The number of ether oxygens (including phenoxy) is 2. The van der Waals surface area contributed by atoms with E-state index in [1.807, 2.05) is 25.1 Å². The first-order chi connectivity index (χ1) is 14.3. The number of nitrogens with one attached hydrogen (secondary N) is 1. The second kappa shape index (κ2) is 8.65. The molecule has 0 spiro atoms. The molecule has 30 heavy (non-hydrogen) atoms. The third-order valence-electron chi connectivity index (χ3n) is 5.23. The van der Waals surface area contributed by atoms with Gasteiger partial charge in [-0.1, -0.05) is 12.1 Å². The first-order valence-electron chi connectivity index (χ1n) is 10.0. The number of rotatable bonds is 5. The van der Waals surface area contributed by atoms with Crippen molar-refractivity contribution in [3.8, 4) is 0 Å². The van der Waals surface area contributed by atoms with E-state index in [4.69, 9.17) is 9.47 Å². The van der Waals surface area contributed by atoms with Gasteiger partial charge in [-0.2, -0.15) is 0 Å². The minimum Gasteiger partial charge on any atom is -0.465 e. The molecule has 0 saturated carbocycles. The van der Waals surface area contributed by atoms with Crippen molar-refractivity contribution in [1.29, 1.82) is 0 Å². The molecule has 7 nitrogen and oxygen atoms in total. The summed E-state index contributed by atoms with van der Waals surface area (Å²) < 4.78 is 10.5. The number of allylic oxidation sites excluding steroid dienone is 1. The summed E-state index contributed by atoms with van der Waals surface area (Å²) in [5.41, 5.74) is 2.78. The van der Waals surface area contributed by atoms with Crippen LogP contribution in [0.1, 0.15) is 44.7 Å². The molecule has 1 N–H and O–H groups in total. The van der Waals surface area contributed by atoms with Gasteiger partial charge >= 0.3 is 11.9 Å².